The smallest absolute Gasteiger partial charge is 0.0369 e. The van der Waals surface area contributed by atoms with Crippen LogP contribution in [-0.2, 0) is 6.42 Å². The lowest BCUT2D eigenvalue weighted by Crippen LogP contribution is -2.34. The van der Waals surface area contributed by atoms with Crippen molar-refractivity contribution in [1.82, 2.24) is 4.90 Å². The minimum absolute atomic E-state index is 0.668. The van der Waals surface area contributed by atoms with Gasteiger partial charge >= 0.3 is 0 Å². The maximum atomic E-state index is 5.66. The molecule has 1 rings (SSSR count). The van der Waals surface area contributed by atoms with Crippen LogP contribution < -0.4 is 10.6 Å². The number of hydrogen-bond donors (Lipinski definition) is 1. The Bertz CT molecular complexity index is 399. The second kappa shape index (κ2) is 8.28. The summed E-state index contributed by atoms with van der Waals surface area (Å²) in [6.07, 6.45) is 0.966. The van der Waals surface area contributed by atoms with E-state index >= 15 is 0 Å². The average Bonchev–Trinajstić information content (AvgIpc) is 2.36. The minimum atomic E-state index is 0.668. The summed E-state index contributed by atoms with van der Waals surface area (Å²) >= 11 is 0. The SMILES string of the molecule is Cc1cc(N(CCN(C)C)CC(C)C)ccc1CCN. The van der Waals surface area contributed by atoms with Crippen molar-refractivity contribution < 1.29 is 0 Å². The Morgan fingerprint density at radius 1 is 1.15 bits per heavy atom. The molecule has 0 aliphatic carbocycles. The Labute approximate surface area is 124 Å². The normalized spacial score (nSPS) is 11.4. The molecular formula is C17H31N3. The van der Waals surface area contributed by atoms with Gasteiger partial charge in [-0.15, -0.1) is 0 Å². The molecule has 0 saturated heterocycles. The van der Waals surface area contributed by atoms with E-state index in [1.54, 1.807) is 0 Å². The topological polar surface area (TPSA) is 32.5 Å². The molecule has 1 aromatic carbocycles. The largest absolute Gasteiger partial charge is 0.370 e. The van der Waals surface area contributed by atoms with Crippen LogP contribution in [0.4, 0.5) is 5.69 Å². The fraction of sp³-hybridized carbons (Fsp3) is 0.647. The van der Waals surface area contributed by atoms with Gasteiger partial charge < -0.3 is 15.5 Å². The molecule has 3 nitrogen and oxygen atoms in total. The minimum Gasteiger partial charge on any atom is -0.370 e. The second-order valence-corrected chi connectivity index (χ2v) is 6.29. The van der Waals surface area contributed by atoms with E-state index in [0.717, 1.165) is 32.6 Å². The fourth-order valence-electron chi connectivity index (χ4n) is 2.40. The second-order valence-electron chi connectivity index (χ2n) is 6.29. The van der Waals surface area contributed by atoms with Gasteiger partial charge in [0.2, 0.25) is 0 Å². The number of anilines is 1. The van der Waals surface area contributed by atoms with Crippen LogP contribution in [0.2, 0.25) is 0 Å². The number of rotatable bonds is 8. The van der Waals surface area contributed by atoms with Gasteiger partial charge in [-0.2, -0.15) is 0 Å². The highest BCUT2D eigenvalue weighted by Gasteiger charge is 2.10. The summed E-state index contributed by atoms with van der Waals surface area (Å²) in [5, 5.41) is 0. The van der Waals surface area contributed by atoms with Crippen LogP contribution in [0.3, 0.4) is 0 Å². The lowest BCUT2D eigenvalue weighted by atomic mass is 10.0. The molecular weight excluding hydrogens is 246 g/mol. The zero-order valence-corrected chi connectivity index (χ0v) is 13.8. The van der Waals surface area contributed by atoms with Crippen LogP contribution in [0.5, 0.6) is 0 Å². The number of nitrogens with two attached hydrogens (primary N) is 1. The molecule has 0 radical (unpaired) electrons. The Balaban J connectivity index is 2.86. The van der Waals surface area contributed by atoms with Crippen molar-refractivity contribution >= 4 is 5.69 Å². The molecule has 0 aliphatic heterocycles. The monoisotopic (exact) mass is 277 g/mol. The lowest BCUT2D eigenvalue weighted by molar-refractivity contribution is 0.409. The first-order valence-corrected chi connectivity index (χ1v) is 7.63. The standard InChI is InChI=1S/C17H31N3/c1-14(2)13-20(11-10-19(4)5)17-7-6-16(8-9-18)15(3)12-17/h6-7,12,14H,8-11,13,18H2,1-5H3. The van der Waals surface area contributed by atoms with Crippen LogP contribution in [0, 0.1) is 12.8 Å². The van der Waals surface area contributed by atoms with E-state index in [-0.39, 0.29) is 0 Å². The molecule has 0 fully saturated rings. The molecule has 0 bridgehead atoms. The highest BCUT2D eigenvalue weighted by molar-refractivity contribution is 5.51. The number of likely N-dealkylation sites (N-methyl/N-ethyl adjacent to an activating group) is 1. The van der Waals surface area contributed by atoms with Crippen molar-refractivity contribution in [3.8, 4) is 0 Å². The van der Waals surface area contributed by atoms with Crippen molar-refractivity contribution in [2.45, 2.75) is 27.2 Å². The van der Waals surface area contributed by atoms with Crippen LogP contribution in [-0.4, -0.2) is 45.2 Å². The quantitative estimate of drug-likeness (QED) is 0.792. The average molecular weight is 277 g/mol. The maximum absolute atomic E-state index is 5.66. The zero-order chi connectivity index (χ0) is 15.1. The molecule has 0 atom stereocenters. The molecule has 0 spiro atoms. The first-order chi connectivity index (χ1) is 9.43. The van der Waals surface area contributed by atoms with Gasteiger partial charge in [0.05, 0.1) is 0 Å². The fourth-order valence-corrected chi connectivity index (χ4v) is 2.40. The van der Waals surface area contributed by atoms with E-state index in [4.69, 9.17) is 5.73 Å². The summed E-state index contributed by atoms with van der Waals surface area (Å²) in [5.41, 5.74) is 9.71. The van der Waals surface area contributed by atoms with E-state index in [9.17, 15) is 0 Å². The van der Waals surface area contributed by atoms with E-state index in [0.29, 0.717) is 5.92 Å². The van der Waals surface area contributed by atoms with Crippen molar-refractivity contribution in [1.29, 1.82) is 0 Å². The van der Waals surface area contributed by atoms with Gasteiger partial charge in [0, 0.05) is 25.3 Å². The van der Waals surface area contributed by atoms with Gasteiger partial charge in [0.15, 0.2) is 0 Å². The van der Waals surface area contributed by atoms with Gasteiger partial charge in [-0.25, -0.2) is 0 Å². The van der Waals surface area contributed by atoms with E-state index in [1.807, 2.05) is 0 Å². The summed E-state index contributed by atoms with van der Waals surface area (Å²) in [4.78, 5) is 4.73. The third-order valence-corrected chi connectivity index (χ3v) is 3.51. The predicted molar refractivity (Wildman–Crippen MR) is 89.5 cm³/mol. The molecule has 0 aromatic heterocycles. The molecule has 0 saturated carbocycles. The summed E-state index contributed by atoms with van der Waals surface area (Å²) < 4.78 is 0. The van der Waals surface area contributed by atoms with Crippen LogP contribution >= 0.6 is 0 Å². The van der Waals surface area contributed by atoms with Crippen molar-refractivity contribution in [3.05, 3.63) is 29.3 Å². The first-order valence-electron chi connectivity index (χ1n) is 7.63. The molecule has 0 amide bonds. The number of benzene rings is 1. The highest BCUT2D eigenvalue weighted by Crippen LogP contribution is 2.20. The van der Waals surface area contributed by atoms with E-state index < -0.39 is 0 Å². The molecule has 0 unspecified atom stereocenters. The van der Waals surface area contributed by atoms with Gasteiger partial charge in [-0.3, -0.25) is 0 Å². The van der Waals surface area contributed by atoms with E-state index in [1.165, 1.54) is 16.8 Å². The summed E-state index contributed by atoms with van der Waals surface area (Å²) in [5.74, 6) is 0.668. The first kappa shape index (κ1) is 17.0. The molecule has 20 heavy (non-hydrogen) atoms. The van der Waals surface area contributed by atoms with E-state index in [2.05, 4.69) is 62.9 Å². The maximum Gasteiger partial charge on any atom is 0.0369 e. The number of aryl methyl sites for hydroxylation is 1. The summed E-state index contributed by atoms with van der Waals surface area (Å²) in [7, 11) is 4.26. The van der Waals surface area contributed by atoms with Crippen molar-refractivity contribution in [2.75, 3.05) is 45.2 Å². The molecule has 0 aliphatic rings. The van der Waals surface area contributed by atoms with Crippen LogP contribution in [0.15, 0.2) is 18.2 Å². The zero-order valence-electron chi connectivity index (χ0n) is 13.8. The van der Waals surface area contributed by atoms with Crippen molar-refractivity contribution in [3.63, 3.8) is 0 Å². The van der Waals surface area contributed by atoms with Gasteiger partial charge in [-0.05, 0) is 63.2 Å². The molecule has 3 heteroatoms. The van der Waals surface area contributed by atoms with Crippen LogP contribution in [0.1, 0.15) is 25.0 Å². The van der Waals surface area contributed by atoms with Crippen molar-refractivity contribution in [2.24, 2.45) is 11.7 Å². The van der Waals surface area contributed by atoms with Gasteiger partial charge in [0.1, 0.15) is 0 Å². The Morgan fingerprint density at radius 2 is 1.85 bits per heavy atom. The lowest BCUT2D eigenvalue weighted by Gasteiger charge is -2.28. The predicted octanol–water partition coefficient (Wildman–Crippen LogP) is 2.52. The summed E-state index contributed by atoms with van der Waals surface area (Å²) in [6.45, 7) is 10.7. The number of nitrogens with zero attached hydrogens (tertiary/aromatic N) is 2. The third-order valence-electron chi connectivity index (χ3n) is 3.51. The number of hydrogen-bond acceptors (Lipinski definition) is 3. The Kier molecular flexibility index (Phi) is 7.03. The molecule has 1 aromatic rings. The highest BCUT2D eigenvalue weighted by atomic mass is 15.2. The Morgan fingerprint density at radius 3 is 2.35 bits per heavy atom. The third kappa shape index (κ3) is 5.51. The Hall–Kier alpha value is -1.06. The van der Waals surface area contributed by atoms with Crippen LogP contribution in [0.25, 0.3) is 0 Å². The molecule has 0 heterocycles. The van der Waals surface area contributed by atoms with Gasteiger partial charge in [-0.1, -0.05) is 19.9 Å². The van der Waals surface area contributed by atoms with Gasteiger partial charge in [0.25, 0.3) is 0 Å². The summed E-state index contributed by atoms with van der Waals surface area (Å²) in [6, 6.07) is 6.79. The molecule has 2 N–H and O–H groups in total. The molecule has 114 valence electrons.